The van der Waals surface area contributed by atoms with Crippen molar-refractivity contribution < 1.29 is 4.42 Å². The highest BCUT2D eigenvalue weighted by atomic mass is 32.1. The molecule has 2 aromatic carbocycles. The predicted octanol–water partition coefficient (Wildman–Crippen LogP) is 7.73. The Balaban J connectivity index is 1.42. The van der Waals surface area contributed by atoms with E-state index in [9.17, 15) is 0 Å². The molecule has 3 heterocycles. The summed E-state index contributed by atoms with van der Waals surface area (Å²) in [6.45, 7) is 11.1. The van der Waals surface area contributed by atoms with Crippen LogP contribution in [-0.2, 0) is 12.0 Å². The summed E-state index contributed by atoms with van der Waals surface area (Å²) in [6, 6.07) is 22.4. The second kappa shape index (κ2) is 10.5. The molecule has 1 aliphatic rings. The molecule has 2 N–H and O–H groups in total. The molecule has 0 atom stereocenters. The normalized spacial score (nSPS) is 14.9. The lowest BCUT2D eigenvalue weighted by atomic mass is 9.86. The van der Waals surface area contributed by atoms with E-state index in [1.165, 1.54) is 50.4 Å². The number of hydrogen-bond acceptors (Lipinski definition) is 4. The van der Waals surface area contributed by atoms with Crippen LogP contribution in [0.1, 0.15) is 44.1 Å². The molecule has 1 fully saturated rings. The van der Waals surface area contributed by atoms with Gasteiger partial charge in [0.2, 0.25) is 0 Å². The average Bonchev–Trinajstić information content (AvgIpc) is 3.55. The summed E-state index contributed by atoms with van der Waals surface area (Å²) in [5, 5.41) is 7.21. The van der Waals surface area contributed by atoms with Crippen LogP contribution in [0.15, 0.2) is 77.6 Å². The fourth-order valence-corrected chi connectivity index (χ4v) is 5.99. The molecule has 182 valence electrons. The Hall–Kier alpha value is -2.66. The number of nitrogens with one attached hydrogen (secondary N) is 2. The lowest BCUT2D eigenvalue weighted by molar-refractivity contribution is 0.357. The summed E-state index contributed by atoms with van der Waals surface area (Å²) in [5.41, 5.74) is 7.68. The van der Waals surface area contributed by atoms with E-state index in [4.69, 9.17) is 4.42 Å². The highest BCUT2D eigenvalue weighted by Gasteiger charge is 2.17. The van der Waals surface area contributed by atoms with E-state index < -0.39 is 0 Å². The van der Waals surface area contributed by atoms with Crippen LogP contribution in [0.5, 0.6) is 0 Å². The minimum Gasteiger partial charge on any atom is -0.472 e. The Morgan fingerprint density at radius 1 is 0.886 bits per heavy atom. The third kappa shape index (κ3) is 5.78. The minimum atomic E-state index is 0.156. The van der Waals surface area contributed by atoms with Gasteiger partial charge in [0.15, 0.2) is 0 Å². The zero-order chi connectivity index (χ0) is 24.3. The fraction of sp³-hybridized carbons (Fsp3) is 0.355. The molecule has 35 heavy (non-hydrogen) atoms. The second-order valence-electron chi connectivity index (χ2n) is 10.7. The molecule has 0 bridgehead atoms. The smallest absolute Gasteiger partial charge is 0.0980 e. The third-order valence-electron chi connectivity index (χ3n) is 7.04. The first-order valence-electron chi connectivity index (χ1n) is 12.8. The zero-order valence-corrected chi connectivity index (χ0v) is 21.9. The molecular formula is C31H36N2OS. The lowest BCUT2D eigenvalue weighted by Crippen LogP contribution is -2.33. The molecule has 3 nitrogen and oxygen atoms in total. The standard InChI is InChI=1S/C31H36N2OS/c1-31(2,3)27-10-8-25(9-11-27)30-29(24-6-4-23(5-7-24)26-14-17-34-21-26)18-28(35-30)20-33-19-22-12-15-32-16-13-22/h4-11,14,17-18,21-22,32-33H,12-13,15-16,19-20H2,1-3H3. The Labute approximate surface area is 213 Å². The highest BCUT2D eigenvalue weighted by molar-refractivity contribution is 7.16. The maximum Gasteiger partial charge on any atom is 0.0980 e. The van der Waals surface area contributed by atoms with Crippen molar-refractivity contribution in [3.05, 3.63) is 83.6 Å². The van der Waals surface area contributed by atoms with E-state index in [1.807, 2.05) is 17.4 Å². The monoisotopic (exact) mass is 484 g/mol. The molecule has 5 rings (SSSR count). The minimum absolute atomic E-state index is 0.156. The largest absolute Gasteiger partial charge is 0.472 e. The summed E-state index contributed by atoms with van der Waals surface area (Å²) in [4.78, 5) is 2.74. The Bertz CT molecular complexity index is 1210. The van der Waals surface area contributed by atoms with Crippen molar-refractivity contribution in [3.63, 3.8) is 0 Å². The molecule has 0 amide bonds. The van der Waals surface area contributed by atoms with Gasteiger partial charge in [0.05, 0.1) is 12.5 Å². The molecule has 0 radical (unpaired) electrons. The SMILES string of the molecule is CC(C)(C)c1ccc(-c2sc(CNCC3CCNCC3)cc2-c2ccc(-c3ccoc3)cc2)cc1. The highest BCUT2D eigenvalue weighted by Crippen LogP contribution is 2.40. The van der Waals surface area contributed by atoms with Crippen LogP contribution in [0.2, 0.25) is 0 Å². The molecule has 2 aromatic heterocycles. The first kappa shape index (κ1) is 24.1. The second-order valence-corrected chi connectivity index (χ2v) is 11.8. The van der Waals surface area contributed by atoms with Crippen LogP contribution in [0.25, 0.3) is 32.7 Å². The summed E-state index contributed by atoms with van der Waals surface area (Å²) in [6.07, 6.45) is 6.08. The topological polar surface area (TPSA) is 37.2 Å². The van der Waals surface area contributed by atoms with E-state index in [1.54, 1.807) is 12.5 Å². The first-order chi connectivity index (χ1) is 17.0. The number of hydrogen-bond donors (Lipinski definition) is 2. The van der Waals surface area contributed by atoms with Crippen LogP contribution in [0, 0.1) is 5.92 Å². The molecule has 1 aliphatic heterocycles. The molecular weight excluding hydrogens is 448 g/mol. The van der Waals surface area contributed by atoms with Gasteiger partial charge in [-0.05, 0) is 78.2 Å². The van der Waals surface area contributed by atoms with Crippen molar-refractivity contribution in [2.45, 2.75) is 45.6 Å². The van der Waals surface area contributed by atoms with Gasteiger partial charge in [-0.2, -0.15) is 0 Å². The summed E-state index contributed by atoms with van der Waals surface area (Å²) >= 11 is 1.92. The van der Waals surface area contributed by atoms with Crippen LogP contribution < -0.4 is 10.6 Å². The van der Waals surface area contributed by atoms with Gasteiger partial charge in [0.25, 0.3) is 0 Å². The van der Waals surface area contributed by atoms with Gasteiger partial charge < -0.3 is 15.1 Å². The van der Waals surface area contributed by atoms with E-state index in [0.717, 1.165) is 37.7 Å². The molecule has 1 saturated heterocycles. The van der Waals surface area contributed by atoms with E-state index in [-0.39, 0.29) is 5.41 Å². The van der Waals surface area contributed by atoms with Gasteiger partial charge in [-0.15, -0.1) is 11.3 Å². The number of furan rings is 1. The molecule has 4 heteroatoms. The Morgan fingerprint density at radius 2 is 1.57 bits per heavy atom. The summed E-state index contributed by atoms with van der Waals surface area (Å²) in [5.74, 6) is 0.788. The Morgan fingerprint density at radius 3 is 2.23 bits per heavy atom. The predicted molar refractivity (Wildman–Crippen MR) is 149 cm³/mol. The molecule has 0 saturated carbocycles. The van der Waals surface area contributed by atoms with Gasteiger partial charge in [0.1, 0.15) is 0 Å². The molecule has 0 aliphatic carbocycles. The quantitative estimate of drug-likeness (QED) is 0.282. The van der Waals surface area contributed by atoms with Crippen molar-refractivity contribution in [3.8, 4) is 32.7 Å². The molecule has 0 spiro atoms. The van der Waals surface area contributed by atoms with Crippen LogP contribution in [-0.4, -0.2) is 19.6 Å². The molecule has 4 aromatic rings. The third-order valence-corrected chi connectivity index (χ3v) is 8.22. The van der Waals surface area contributed by atoms with E-state index >= 15 is 0 Å². The maximum atomic E-state index is 5.27. The lowest BCUT2D eigenvalue weighted by Gasteiger charge is -2.22. The van der Waals surface area contributed by atoms with Crippen LogP contribution in [0.4, 0.5) is 0 Å². The van der Waals surface area contributed by atoms with Crippen molar-refractivity contribution in [2.75, 3.05) is 19.6 Å². The van der Waals surface area contributed by atoms with Crippen molar-refractivity contribution in [2.24, 2.45) is 5.92 Å². The zero-order valence-electron chi connectivity index (χ0n) is 21.1. The van der Waals surface area contributed by atoms with E-state index in [2.05, 4.69) is 86.0 Å². The van der Waals surface area contributed by atoms with Gasteiger partial charge in [-0.3, -0.25) is 0 Å². The van der Waals surface area contributed by atoms with Crippen molar-refractivity contribution >= 4 is 11.3 Å². The number of thiophene rings is 1. The Kier molecular flexibility index (Phi) is 7.24. The van der Waals surface area contributed by atoms with Crippen LogP contribution in [0.3, 0.4) is 0 Å². The number of rotatable bonds is 7. The maximum absolute atomic E-state index is 5.27. The van der Waals surface area contributed by atoms with E-state index in [0.29, 0.717) is 0 Å². The van der Waals surface area contributed by atoms with Crippen molar-refractivity contribution in [1.29, 1.82) is 0 Å². The fourth-order valence-electron chi connectivity index (χ4n) is 4.84. The van der Waals surface area contributed by atoms with Crippen LogP contribution >= 0.6 is 11.3 Å². The molecule has 0 unspecified atom stereocenters. The van der Waals surface area contributed by atoms with Crippen molar-refractivity contribution in [1.82, 2.24) is 10.6 Å². The van der Waals surface area contributed by atoms with Gasteiger partial charge in [0, 0.05) is 27.4 Å². The average molecular weight is 485 g/mol. The first-order valence-corrected chi connectivity index (χ1v) is 13.6. The van der Waals surface area contributed by atoms with Gasteiger partial charge >= 0.3 is 0 Å². The number of benzene rings is 2. The number of piperidine rings is 1. The summed E-state index contributed by atoms with van der Waals surface area (Å²) < 4.78 is 5.27. The van der Waals surface area contributed by atoms with Gasteiger partial charge in [-0.1, -0.05) is 69.3 Å². The summed E-state index contributed by atoms with van der Waals surface area (Å²) in [7, 11) is 0. The van der Waals surface area contributed by atoms with Gasteiger partial charge in [-0.25, -0.2) is 0 Å².